The summed E-state index contributed by atoms with van der Waals surface area (Å²) in [6.07, 6.45) is 3.61. The van der Waals surface area contributed by atoms with Gasteiger partial charge in [-0.05, 0) is 116 Å². The summed E-state index contributed by atoms with van der Waals surface area (Å²) in [5.74, 6) is 0. The molecule has 0 fully saturated rings. The fourth-order valence-corrected chi connectivity index (χ4v) is 8.32. The summed E-state index contributed by atoms with van der Waals surface area (Å²) in [6.45, 7) is 0. The Hall–Kier alpha value is -7.82. The molecule has 11 rings (SSSR count). The molecule has 0 N–H and O–H groups in total. The van der Waals surface area contributed by atoms with Gasteiger partial charge >= 0.3 is 0 Å². The number of fused-ring (bicyclic) bond motifs is 6. The van der Waals surface area contributed by atoms with Crippen LogP contribution >= 0.6 is 0 Å². The van der Waals surface area contributed by atoms with Crippen LogP contribution in [0.5, 0.6) is 0 Å². The number of pyridine rings is 4. The molecule has 0 spiro atoms. The maximum Gasteiger partial charge on any atom is 0.0900 e. The largest absolute Gasteiger partial charge is 0.255 e. The lowest BCUT2D eigenvalue weighted by Gasteiger charge is -2.16. The lowest BCUT2D eigenvalue weighted by molar-refractivity contribution is 1.22. The van der Waals surface area contributed by atoms with Gasteiger partial charge in [0.05, 0.1) is 34.0 Å². The van der Waals surface area contributed by atoms with Crippen LogP contribution in [0.3, 0.4) is 0 Å². The molecule has 0 aliphatic heterocycles. The summed E-state index contributed by atoms with van der Waals surface area (Å²) >= 11 is 0. The SMILES string of the molecule is c1ccc(-c2cc(-c3cccc(-c4ccc(-c5cc6c(-c7ccc8ccccc8c7)nc7ccccc7c6c6ccccc56)cc4)c3)cc(-c3ccccn3)n2)nc1. The Morgan fingerprint density at radius 2 is 0.897 bits per heavy atom. The topological polar surface area (TPSA) is 51.6 Å². The third-order valence-corrected chi connectivity index (χ3v) is 11.1. The zero-order valence-corrected chi connectivity index (χ0v) is 31.4. The molecule has 0 aliphatic carbocycles. The van der Waals surface area contributed by atoms with E-state index >= 15 is 0 Å². The van der Waals surface area contributed by atoms with E-state index in [1.165, 1.54) is 32.5 Å². The van der Waals surface area contributed by atoms with Crippen LogP contribution in [0.2, 0.25) is 0 Å². The summed E-state index contributed by atoms with van der Waals surface area (Å²) in [4.78, 5) is 19.5. The van der Waals surface area contributed by atoms with Gasteiger partial charge < -0.3 is 0 Å². The molecule has 7 aromatic carbocycles. The van der Waals surface area contributed by atoms with E-state index in [0.717, 1.165) is 78.1 Å². The molecule has 0 bridgehead atoms. The average molecular weight is 739 g/mol. The highest BCUT2D eigenvalue weighted by Crippen LogP contribution is 2.42. The molecular weight excluding hydrogens is 705 g/mol. The van der Waals surface area contributed by atoms with E-state index in [0.29, 0.717) is 0 Å². The van der Waals surface area contributed by atoms with Gasteiger partial charge in [0, 0.05) is 34.1 Å². The Bertz CT molecular complexity index is 3260. The molecular formula is C54H34N4. The minimum absolute atomic E-state index is 0.808. The van der Waals surface area contributed by atoms with Gasteiger partial charge in [0.25, 0.3) is 0 Å². The quantitative estimate of drug-likeness (QED) is 0.159. The zero-order valence-electron chi connectivity index (χ0n) is 31.4. The van der Waals surface area contributed by atoms with Gasteiger partial charge in [-0.1, -0.05) is 133 Å². The van der Waals surface area contributed by atoms with Crippen molar-refractivity contribution >= 4 is 43.2 Å². The molecule has 270 valence electrons. The second-order valence-electron chi connectivity index (χ2n) is 14.6. The number of hydrogen-bond acceptors (Lipinski definition) is 4. The number of hydrogen-bond donors (Lipinski definition) is 0. The first-order valence-electron chi connectivity index (χ1n) is 19.5. The molecule has 0 atom stereocenters. The Labute approximate surface area is 335 Å². The molecule has 4 aromatic heterocycles. The first-order valence-corrected chi connectivity index (χ1v) is 19.5. The van der Waals surface area contributed by atoms with Crippen molar-refractivity contribution in [2.24, 2.45) is 0 Å². The molecule has 0 aliphatic rings. The molecule has 0 saturated heterocycles. The lowest BCUT2D eigenvalue weighted by Crippen LogP contribution is -1.94. The van der Waals surface area contributed by atoms with E-state index in [2.05, 4.69) is 168 Å². The number of para-hydroxylation sites is 1. The first kappa shape index (κ1) is 33.5. The maximum absolute atomic E-state index is 5.34. The van der Waals surface area contributed by atoms with Gasteiger partial charge in [-0.25, -0.2) is 9.97 Å². The van der Waals surface area contributed by atoms with Gasteiger partial charge in [-0.15, -0.1) is 0 Å². The zero-order chi connectivity index (χ0) is 38.4. The van der Waals surface area contributed by atoms with Crippen molar-refractivity contribution in [2.75, 3.05) is 0 Å². The Kier molecular flexibility index (Phi) is 8.11. The predicted molar refractivity (Wildman–Crippen MR) is 240 cm³/mol. The van der Waals surface area contributed by atoms with E-state index in [1.54, 1.807) is 12.4 Å². The smallest absolute Gasteiger partial charge is 0.0900 e. The third-order valence-electron chi connectivity index (χ3n) is 11.1. The van der Waals surface area contributed by atoms with Crippen LogP contribution in [0.4, 0.5) is 0 Å². The summed E-state index contributed by atoms with van der Waals surface area (Å²) < 4.78 is 0. The fraction of sp³-hybridized carbons (Fsp3) is 0. The second kappa shape index (κ2) is 14.0. The maximum atomic E-state index is 5.34. The van der Waals surface area contributed by atoms with E-state index in [9.17, 15) is 0 Å². The minimum atomic E-state index is 0.808. The Balaban J connectivity index is 1.03. The lowest BCUT2D eigenvalue weighted by atomic mass is 9.89. The molecule has 4 heteroatoms. The summed E-state index contributed by atoms with van der Waals surface area (Å²) in [5, 5.41) is 8.40. The van der Waals surface area contributed by atoms with Crippen molar-refractivity contribution in [2.45, 2.75) is 0 Å². The van der Waals surface area contributed by atoms with Crippen LogP contribution in [0.25, 0.3) is 111 Å². The second-order valence-corrected chi connectivity index (χ2v) is 14.6. The van der Waals surface area contributed by atoms with Crippen LogP contribution in [-0.2, 0) is 0 Å². The van der Waals surface area contributed by atoms with Crippen LogP contribution in [-0.4, -0.2) is 19.9 Å². The summed E-state index contributed by atoms with van der Waals surface area (Å²) in [5.41, 5.74) is 13.1. The monoisotopic (exact) mass is 738 g/mol. The van der Waals surface area contributed by atoms with Gasteiger partial charge in [0.15, 0.2) is 0 Å². The Morgan fingerprint density at radius 1 is 0.293 bits per heavy atom. The van der Waals surface area contributed by atoms with Crippen LogP contribution in [0.15, 0.2) is 207 Å². The molecule has 0 unspecified atom stereocenters. The van der Waals surface area contributed by atoms with E-state index in [1.807, 2.05) is 36.4 Å². The van der Waals surface area contributed by atoms with Crippen LogP contribution < -0.4 is 0 Å². The van der Waals surface area contributed by atoms with Gasteiger partial charge in [-0.3, -0.25) is 9.97 Å². The number of benzene rings is 7. The van der Waals surface area contributed by atoms with Crippen molar-refractivity contribution < 1.29 is 0 Å². The predicted octanol–water partition coefficient (Wildman–Crippen LogP) is 13.9. The number of aromatic nitrogens is 4. The normalized spacial score (nSPS) is 11.4. The number of rotatable bonds is 6. The Morgan fingerprint density at radius 3 is 1.62 bits per heavy atom. The van der Waals surface area contributed by atoms with Gasteiger partial charge in [-0.2, -0.15) is 0 Å². The highest BCUT2D eigenvalue weighted by atomic mass is 14.8. The van der Waals surface area contributed by atoms with Crippen molar-refractivity contribution in [3.8, 4) is 67.4 Å². The van der Waals surface area contributed by atoms with Gasteiger partial charge in [0.2, 0.25) is 0 Å². The molecule has 0 saturated carbocycles. The standard InChI is InChI=1S/C54H34N4/c1-2-13-38-31-41(27-24-35(38)12-1)54-47-34-46(43-16-3-4-17-44(43)53(47)45-18-5-6-19-48(45)58-54)37-25-22-36(23-26-37)39-14-11-15-40(30-39)42-32-51(49-20-7-9-28-55-49)57-52(33-42)50-21-8-10-29-56-50/h1-34H. The van der Waals surface area contributed by atoms with Crippen LogP contribution in [0, 0.1) is 0 Å². The minimum Gasteiger partial charge on any atom is -0.255 e. The number of nitrogens with zero attached hydrogens (tertiary/aromatic N) is 4. The molecule has 4 nitrogen and oxygen atoms in total. The van der Waals surface area contributed by atoms with Crippen molar-refractivity contribution in [3.05, 3.63) is 207 Å². The van der Waals surface area contributed by atoms with Gasteiger partial charge in [0.1, 0.15) is 0 Å². The van der Waals surface area contributed by atoms with E-state index in [4.69, 9.17) is 9.97 Å². The first-order chi connectivity index (χ1) is 28.7. The van der Waals surface area contributed by atoms with Crippen molar-refractivity contribution in [3.63, 3.8) is 0 Å². The molecule has 4 heterocycles. The average Bonchev–Trinajstić information content (AvgIpc) is 3.31. The van der Waals surface area contributed by atoms with E-state index < -0.39 is 0 Å². The highest BCUT2D eigenvalue weighted by molar-refractivity contribution is 6.25. The van der Waals surface area contributed by atoms with Crippen molar-refractivity contribution in [1.82, 2.24) is 19.9 Å². The summed E-state index contributed by atoms with van der Waals surface area (Å²) in [7, 11) is 0. The van der Waals surface area contributed by atoms with E-state index in [-0.39, 0.29) is 0 Å². The molecule has 0 radical (unpaired) electrons. The van der Waals surface area contributed by atoms with Crippen LogP contribution in [0.1, 0.15) is 0 Å². The molecule has 58 heavy (non-hydrogen) atoms. The van der Waals surface area contributed by atoms with Crippen molar-refractivity contribution in [1.29, 1.82) is 0 Å². The third kappa shape index (κ3) is 5.96. The molecule has 11 aromatic rings. The highest BCUT2D eigenvalue weighted by Gasteiger charge is 2.17. The fourth-order valence-electron chi connectivity index (χ4n) is 8.32. The molecule has 0 amide bonds. The summed E-state index contributed by atoms with van der Waals surface area (Å²) in [6, 6.07) is 68.6.